The number of nitrogens with one attached hydrogen (secondary N) is 2. The van der Waals surface area contributed by atoms with Crippen LogP contribution in [0.4, 0.5) is 0 Å². The average Bonchev–Trinajstić information content (AvgIpc) is 2.52. The highest BCUT2D eigenvalue weighted by molar-refractivity contribution is 7.89. The summed E-state index contributed by atoms with van der Waals surface area (Å²) in [5, 5.41) is 0. The molecule has 1 aromatic rings. The molecule has 1 aromatic carbocycles. The van der Waals surface area contributed by atoms with Gasteiger partial charge in [-0.3, -0.25) is 0 Å². The molecule has 24 heavy (non-hydrogen) atoms. The molecular weight excluding hydrogens is 320 g/mol. The molecule has 0 spiro atoms. The van der Waals surface area contributed by atoms with Crippen LogP contribution in [0.25, 0.3) is 0 Å². The Balaban J connectivity index is 1.81. The molecule has 0 unspecified atom stereocenters. The Hall–Kier alpha value is -0.910. The van der Waals surface area contributed by atoms with Crippen molar-refractivity contribution < 1.29 is 13.3 Å². The first-order chi connectivity index (χ1) is 11.2. The second-order valence-corrected chi connectivity index (χ2v) is 9.98. The number of rotatable bonds is 6. The zero-order valence-electron chi connectivity index (χ0n) is 15.6. The van der Waals surface area contributed by atoms with E-state index in [0.717, 1.165) is 24.4 Å². The Kier molecular flexibility index (Phi) is 6.46. The molecule has 0 saturated carbocycles. The number of likely N-dealkylation sites (tertiary alicyclic amines) is 1. The summed E-state index contributed by atoms with van der Waals surface area (Å²) < 4.78 is 27.5. The van der Waals surface area contributed by atoms with Gasteiger partial charge in [0.25, 0.3) is 0 Å². The van der Waals surface area contributed by atoms with Gasteiger partial charge in [0.15, 0.2) is 0 Å². The van der Waals surface area contributed by atoms with Gasteiger partial charge in [-0.1, -0.05) is 39.8 Å². The average molecular weight is 354 g/mol. The van der Waals surface area contributed by atoms with Gasteiger partial charge < -0.3 is 4.90 Å². The summed E-state index contributed by atoms with van der Waals surface area (Å²) in [6, 6.07) is 7.24. The molecule has 0 aliphatic carbocycles. The molecule has 5 heteroatoms. The van der Waals surface area contributed by atoms with Gasteiger partial charge in [-0.05, 0) is 41.9 Å². The molecule has 2 rings (SSSR count). The first-order valence-corrected chi connectivity index (χ1v) is 10.6. The lowest BCUT2D eigenvalue weighted by Gasteiger charge is -2.27. The predicted octanol–water partition coefficient (Wildman–Crippen LogP) is 1.97. The summed E-state index contributed by atoms with van der Waals surface area (Å²) in [4.78, 5) is 1.97. The number of hydrogen-bond donors (Lipinski definition) is 2. The maximum Gasteiger partial charge on any atom is 0.240 e. The number of hydrogen-bond acceptors (Lipinski definition) is 2. The number of quaternary nitrogens is 1. The number of piperidine rings is 1. The van der Waals surface area contributed by atoms with E-state index in [2.05, 4.69) is 32.4 Å². The normalized spacial score (nSPS) is 22.5. The molecule has 4 nitrogen and oxygen atoms in total. The SMILES string of the molecule is CC1CC[NH+](CCCNS(=O)(=O)c2ccc(C(C)(C)C)cc2)CC1. The highest BCUT2D eigenvalue weighted by atomic mass is 32.2. The second-order valence-electron chi connectivity index (χ2n) is 8.21. The summed E-state index contributed by atoms with van der Waals surface area (Å²) in [5.74, 6) is 0.850. The first kappa shape index (κ1) is 19.4. The smallest absolute Gasteiger partial charge is 0.240 e. The van der Waals surface area contributed by atoms with Crippen molar-refractivity contribution in [1.82, 2.24) is 4.72 Å². The zero-order valence-corrected chi connectivity index (χ0v) is 16.4. The maximum absolute atomic E-state index is 12.4. The molecule has 1 fully saturated rings. The molecule has 1 saturated heterocycles. The van der Waals surface area contributed by atoms with Crippen molar-refractivity contribution >= 4 is 10.0 Å². The van der Waals surface area contributed by atoms with E-state index in [1.807, 2.05) is 12.1 Å². The van der Waals surface area contributed by atoms with E-state index >= 15 is 0 Å². The van der Waals surface area contributed by atoms with Crippen LogP contribution in [0.1, 0.15) is 52.5 Å². The fourth-order valence-corrected chi connectivity index (χ4v) is 4.26. The summed E-state index contributed by atoms with van der Waals surface area (Å²) in [6.45, 7) is 12.7. The Bertz CT molecular complexity index is 610. The minimum Gasteiger partial charge on any atom is -0.335 e. The van der Waals surface area contributed by atoms with Gasteiger partial charge in [0.2, 0.25) is 10.0 Å². The molecule has 136 valence electrons. The Morgan fingerprint density at radius 3 is 2.25 bits per heavy atom. The van der Waals surface area contributed by atoms with Crippen LogP contribution < -0.4 is 9.62 Å². The molecule has 1 heterocycles. The van der Waals surface area contributed by atoms with E-state index in [9.17, 15) is 8.42 Å². The summed E-state index contributed by atoms with van der Waals surface area (Å²) >= 11 is 0. The van der Waals surface area contributed by atoms with Gasteiger partial charge in [0.05, 0.1) is 24.5 Å². The van der Waals surface area contributed by atoms with Crippen molar-refractivity contribution in [3.8, 4) is 0 Å². The molecule has 1 aliphatic rings. The van der Waals surface area contributed by atoms with Gasteiger partial charge in [-0.15, -0.1) is 0 Å². The van der Waals surface area contributed by atoms with Gasteiger partial charge >= 0.3 is 0 Å². The number of benzene rings is 1. The predicted molar refractivity (Wildman–Crippen MR) is 98.9 cm³/mol. The van der Waals surface area contributed by atoms with Crippen LogP contribution in [0.2, 0.25) is 0 Å². The van der Waals surface area contributed by atoms with Crippen molar-refractivity contribution in [2.24, 2.45) is 5.92 Å². The summed E-state index contributed by atoms with van der Waals surface area (Å²) in [5.41, 5.74) is 1.18. The Morgan fingerprint density at radius 1 is 1.12 bits per heavy atom. The van der Waals surface area contributed by atoms with E-state index in [1.165, 1.54) is 25.9 Å². The molecule has 0 bridgehead atoms. The molecule has 0 atom stereocenters. The van der Waals surface area contributed by atoms with E-state index in [0.29, 0.717) is 11.4 Å². The lowest BCUT2D eigenvalue weighted by Crippen LogP contribution is -3.13. The van der Waals surface area contributed by atoms with Crippen molar-refractivity contribution in [3.63, 3.8) is 0 Å². The van der Waals surface area contributed by atoms with E-state index < -0.39 is 10.0 Å². The molecule has 1 aliphatic heterocycles. The third kappa shape index (κ3) is 5.57. The van der Waals surface area contributed by atoms with Crippen molar-refractivity contribution in [3.05, 3.63) is 29.8 Å². The van der Waals surface area contributed by atoms with Crippen molar-refractivity contribution in [1.29, 1.82) is 0 Å². The van der Waals surface area contributed by atoms with E-state index in [4.69, 9.17) is 0 Å². The first-order valence-electron chi connectivity index (χ1n) is 9.12. The summed E-state index contributed by atoms with van der Waals surface area (Å²) in [6.07, 6.45) is 3.48. The van der Waals surface area contributed by atoms with Crippen LogP contribution in [0.15, 0.2) is 29.2 Å². The molecular formula is C19H33N2O2S+. The maximum atomic E-state index is 12.4. The van der Waals surface area contributed by atoms with E-state index in [-0.39, 0.29) is 5.41 Å². The standard InChI is InChI=1S/C19H32N2O2S/c1-16-10-14-21(15-11-16)13-5-12-20-24(22,23)18-8-6-17(7-9-18)19(2,3)4/h6-9,16,20H,5,10-15H2,1-4H3/p+1. The molecule has 2 N–H and O–H groups in total. The Labute approximate surface area is 147 Å². The topological polar surface area (TPSA) is 50.6 Å². The largest absolute Gasteiger partial charge is 0.335 e. The quantitative estimate of drug-likeness (QED) is 0.768. The monoisotopic (exact) mass is 353 g/mol. The third-order valence-corrected chi connectivity index (χ3v) is 6.49. The number of sulfonamides is 1. The Morgan fingerprint density at radius 2 is 1.71 bits per heavy atom. The van der Waals surface area contributed by atoms with Crippen molar-refractivity contribution in [2.75, 3.05) is 26.2 Å². The molecule has 0 amide bonds. The van der Waals surface area contributed by atoms with Crippen LogP contribution in [0.3, 0.4) is 0 Å². The summed E-state index contributed by atoms with van der Waals surface area (Å²) in [7, 11) is -3.39. The molecule has 0 radical (unpaired) electrons. The van der Waals surface area contributed by atoms with Gasteiger partial charge in [0, 0.05) is 13.0 Å². The van der Waals surface area contributed by atoms with Crippen LogP contribution in [0.5, 0.6) is 0 Å². The lowest BCUT2D eigenvalue weighted by molar-refractivity contribution is -0.906. The fourth-order valence-electron chi connectivity index (χ4n) is 3.18. The minimum absolute atomic E-state index is 0.0322. The highest BCUT2D eigenvalue weighted by Crippen LogP contribution is 2.23. The van der Waals surface area contributed by atoms with Crippen LogP contribution in [-0.4, -0.2) is 34.6 Å². The third-order valence-electron chi connectivity index (χ3n) is 5.01. The highest BCUT2D eigenvalue weighted by Gasteiger charge is 2.19. The van der Waals surface area contributed by atoms with Gasteiger partial charge in [-0.25, -0.2) is 13.1 Å². The van der Waals surface area contributed by atoms with Gasteiger partial charge in [-0.2, -0.15) is 0 Å². The fraction of sp³-hybridized carbons (Fsp3) is 0.684. The van der Waals surface area contributed by atoms with E-state index in [1.54, 1.807) is 17.0 Å². The minimum atomic E-state index is -3.39. The second kappa shape index (κ2) is 7.98. The van der Waals surface area contributed by atoms with Crippen LogP contribution >= 0.6 is 0 Å². The zero-order chi connectivity index (χ0) is 17.8. The lowest BCUT2D eigenvalue weighted by atomic mass is 9.87. The van der Waals surface area contributed by atoms with Crippen LogP contribution in [-0.2, 0) is 15.4 Å². The van der Waals surface area contributed by atoms with Crippen molar-refractivity contribution in [2.45, 2.75) is 57.3 Å². The molecule has 0 aromatic heterocycles. The van der Waals surface area contributed by atoms with Crippen LogP contribution in [0, 0.1) is 5.92 Å². The van der Waals surface area contributed by atoms with Gasteiger partial charge in [0.1, 0.15) is 0 Å².